The van der Waals surface area contributed by atoms with E-state index in [4.69, 9.17) is 9.47 Å². The average molecular weight is 194 g/mol. The van der Waals surface area contributed by atoms with Crippen LogP contribution < -0.4 is 9.47 Å². The van der Waals surface area contributed by atoms with Gasteiger partial charge in [-0.15, -0.1) is 0 Å². The van der Waals surface area contributed by atoms with E-state index in [0.717, 1.165) is 24.5 Å². The zero-order chi connectivity index (χ0) is 10.4. The Labute approximate surface area is 85.8 Å². The molecule has 0 aliphatic rings. The van der Waals surface area contributed by atoms with Crippen LogP contribution in [0, 0.1) is 5.92 Å². The van der Waals surface area contributed by atoms with Crippen molar-refractivity contribution in [2.45, 2.75) is 20.3 Å². The van der Waals surface area contributed by atoms with E-state index in [2.05, 4.69) is 13.8 Å². The van der Waals surface area contributed by atoms with Crippen LogP contribution in [0.2, 0.25) is 0 Å². The number of benzene rings is 1. The van der Waals surface area contributed by atoms with E-state index >= 15 is 0 Å². The molecular formula is C12H18O2. The molecular weight excluding hydrogens is 176 g/mol. The average Bonchev–Trinajstić information content (AvgIpc) is 2.18. The molecule has 0 aliphatic carbocycles. The molecule has 0 unspecified atom stereocenters. The quantitative estimate of drug-likeness (QED) is 0.717. The second kappa shape index (κ2) is 5.53. The van der Waals surface area contributed by atoms with E-state index in [-0.39, 0.29) is 0 Å². The maximum absolute atomic E-state index is 5.61. The van der Waals surface area contributed by atoms with Crippen LogP contribution in [0.25, 0.3) is 0 Å². The zero-order valence-electron chi connectivity index (χ0n) is 9.12. The Morgan fingerprint density at radius 1 is 1.14 bits per heavy atom. The van der Waals surface area contributed by atoms with E-state index in [9.17, 15) is 0 Å². The lowest BCUT2D eigenvalue weighted by atomic mass is 10.1. The predicted octanol–water partition coefficient (Wildman–Crippen LogP) is 3.12. The molecule has 0 aromatic heterocycles. The van der Waals surface area contributed by atoms with Crippen LogP contribution >= 0.6 is 0 Å². The number of rotatable bonds is 5. The smallest absolute Gasteiger partial charge is 0.161 e. The van der Waals surface area contributed by atoms with Crippen LogP contribution in [0.4, 0.5) is 0 Å². The Morgan fingerprint density at radius 2 is 1.79 bits per heavy atom. The SMILES string of the molecule is COc1ccccc1OCCC(C)C. The number of ether oxygens (including phenoxy) is 2. The monoisotopic (exact) mass is 194 g/mol. The first-order valence-electron chi connectivity index (χ1n) is 5.00. The van der Waals surface area contributed by atoms with Crippen molar-refractivity contribution in [3.8, 4) is 11.5 Å². The molecule has 1 aromatic rings. The number of hydrogen-bond acceptors (Lipinski definition) is 2. The van der Waals surface area contributed by atoms with Crippen molar-refractivity contribution in [2.75, 3.05) is 13.7 Å². The molecule has 0 fully saturated rings. The first kappa shape index (κ1) is 10.9. The fourth-order valence-corrected chi connectivity index (χ4v) is 1.14. The maximum atomic E-state index is 5.61. The van der Waals surface area contributed by atoms with Gasteiger partial charge < -0.3 is 9.47 Å². The molecule has 2 heteroatoms. The van der Waals surface area contributed by atoms with Gasteiger partial charge in [0, 0.05) is 0 Å². The molecule has 14 heavy (non-hydrogen) atoms. The third-order valence-electron chi connectivity index (χ3n) is 2.02. The van der Waals surface area contributed by atoms with Crippen LogP contribution in [-0.2, 0) is 0 Å². The lowest BCUT2D eigenvalue weighted by Crippen LogP contribution is -2.02. The van der Waals surface area contributed by atoms with Gasteiger partial charge in [0.15, 0.2) is 11.5 Å². The summed E-state index contributed by atoms with van der Waals surface area (Å²) >= 11 is 0. The van der Waals surface area contributed by atoms with E-state index in [1.807, 2.05) is 24.3 Å². The van der Waals surface area contributed by atoms with Crippen molar-refractivity contribution in [3.05, 3.63) is 24.3 Å². The minimum atomic E-state index is 0.671. The van der Waals surface area contributed by atoms with Crippen molar-refractivity contribution < 1.29 is 9.47 Å². The van der Waals surface area contributed by atoms with Gasteiger partial charge in [-0.1, -0.05) is 26.0 Å². The standard InChI is InChI=1S/C12H18O2/c1-10(2)8-9-14-12-7-5-4-6-11(12)13-3/h4-7,10H,8-9H2,1-3H3. The molecule has 0 N–H and O–H groups in total. The van der Waals surface area contributed by atoms with E-state index in [1.54, 1.807) is 7.11 Å². The van der Waals surface area contributed by atoms with E-state index in [1.165, 1.54) is 0 Å². The Bertz CT molecular complexity index is 269. The van der Waals surface area contributed by atoms with Crippen molar-refractivity contribution in [3.63, 3.8) is 0 Å². The fraction of sp³-hybridized carbons (Fsp3) is 0.500. The summed E-state index contributed by atoms with van der Waals surface area (Å²) < 4.78 is 10.8. The molecule has 0 spiro atoms. The highest BCUT2D eigenvalue weighted by Crippen LogP contribution is 2.25. The molecule has 0 aliphatic heterocycles. The second-order valence-electron chi connectivity index (χ2n) is 3.68. The molecule has 0 saturated heterocycles. The summed E-state index contributed by atoms with van der Waals surface area (Å²) in [5, 5.41) is 0. The van der Waals surface area contributed by atoms with Crippen LogP contribution in [0.5, 0.6) is 11.5 Å². The van der Waals surface area contributed by atoms with Gasteiger partial charge in [-0.3, -0.25) is 0 Å². The van der Waals surface area contributed by atoms with Crippen LogP contribution in [-0.4, -0.2) is 13.7 Å². The second-order valence-corrected chi connectivity index (χ2v) is 3.68. The number of hydrogen-bond donors (Lipinski definition) is 0. The van der Waals surface area contributed by atoms with Crippen molar-refractivity contribution >= 4 is 0 Å². The predicted molar refractivity (Wildman–Crippen MR) is 57.9 cm³/mol. The summed E-state index contributed by atoms with van der Waals surface area (Å²) in [5.74, 6) is 2.30. The highest BCUT2D eigenvalue weighted by molar-refractivity contribution is 5.39. The highest BCUT2D eigenvalue weighted by Gasteiger charge is 2.02. The zero-order valence-corrected chi connectivity index (χ0v) is 9.12. The minimum absolute atomic E-state index is 0.671. The minimum Gasteiger partial charge on any atom is -0.493 e. The van der Waals surface area contributed by atoms with Crippen molar-refractivity contribution in [1.29, 1.82) is 0 Å². The lowest BCUT2D eigenvalue weighted by Gasteiger charge is -2.11. The van der Waals surface area contributed by atoms with Gasteiger partial charge in [-0.05, 0) is 24.5 Å². The summed E-state index contributed by atoms with van der Waals surface area (Å²) in [5.41, 5.74) is 0. The molecule has 1 aromatic carbocycles. The van der Waals surface area contributed by atoms with Gasteiger partial charge in [-0.25, -0.2) is 0 Å². The molecule has 0 atom stereocenters. The van der Waals surface area contributed by atoms with Gasteiger partial charge in [0.25, 0.3) is 0 Å². The van der Waals surface area contributed by atoms with Crippen LogP contribution in [0.3, 0.4) is 0 Å². The molecule has 0 amide bonds. The van der Waals surface area contributed by atoms with Gasteiger partial charge in [0.1, 0.15) is 0 Å². The Morgan fingerprint density at radius 3 is 2.36 bits per heavy atom. The summed E-state index contributed by atoms with van der Waals surface area (Å²) in [6.45, 7) is 5.12. The summed E-state index contributed by atoms with van der Waals surface area (Å²) in [6, 6.07) is 7.73. The first-order chi connectivity index (χ1) is 6.74. The summed E-state index contributed by atoms with van der Waals surface area (Å²) in [4.78, 5) is 0. The molecule has 0 radical (unpaired) electrons. The fourth-order valence-electron chi connectivity index (χ4n) is 1.14. The topological polar surface area (TPSA) is 18.5 Å². The molecule has 0 heterocycles. The lowest BCUT2D eigenvalue weighted by molar-refractivity contribution is 0.273. The van der Waals surface area contributed by atoms with Gasteiger partial charge >= 0.3 is 0 Å². The van der Waals surface area contributed by atoms with E-state index in [0.29, 0.717) is 5.92 Å². The van der Waals surface area contributed by atoms with Crippen molar-refractivity contribution in [2.24, 2.45) is 5.92 Å². The molecule has 2 nitrogen and oxygen atoms in total. The van der Waals surface area contributed by atoms with E-state index < -0.39 is 0 Å². The number of para-hydroxylation sites is 2. The maximum Gasteiger partial charge on any atom is 0.161 e. The van der Waals surface area contributed by atoms with Crippen LogP contribution in [0.1, 0.15) is 20.3 Å². The van der Waals surface area contributed by atoms with Gasteiger partial charge in [0.2, 0.25) is 0 Å². The third kappa shape index (κ3) is 3.29. The normalized spacial score (nSPS) is 10.3. The highest BCUT2D eigenvalue weighted by atomic mass is 16.5. The van der Waals surface area contributed by atoms with Gasteiger partial charge in [0.05, 0.1) is 13.7 Å². The van der Waals surface area contributed by atoms with Crippen LogP contribution in [0.15, 0.2) is 24.3 Å². The first-order valence-corrected chi connectivity index (χ1v) is 5.00. The summed E-state index contributed by atoms with van der Waals surface area (Å²) in [7, 11) is 1.66. The summed E-state index contributed by atoms with van der Waals surface area (Å²) in [6.07, 6.45) is 1.07. The molecule has 78 valence electrons. The third-order valence-corrected chi connectivity index (χ3v) is 2.02. The Kier molecular flexibility index (Phi) is 4.30. The van der Waals surface area contributed by atoms with Crippen molar-refractivity contribution in [1.82, 2.24) is 0 Å². The Hall–Kier alpha value is -1.18. The molecule has 0 bridgehead atoms. The molecule has 1 rings (SSSR count). The van der Waals surface area contributed by atoms with Gasteiger partial charge in [-0.2, -0.15) is 0 Å². The largest absolute Gasteiger partial charge is 0.493 e. The molecule has 0 saturated carbocycles. The Balaban J connectivity index is 2.49. The number of methoxy groups -OCH3 is 1.